The molecule has 24 heavy (non-hydrogen) atoms. The minimum Gasteiger partial charge on any atom is -0.493 e. The van der Waals surface area contributed by atoms with Gasteiger partial charge in [-0.25, -0.2) is 5.01 Å². The molecule has 2 aliphatic heterocycles. The fourth-order valence-electron chi connectivity index (χ4n) is 3.42. The number of ether oxygens (including phenoxy) is 2. The normalized spacial score (nSPS) is 18.3. The lowest BCUT2D eigenvalue weighted by Gasteiger charge is -2.12. The molecule has 4 rings (SSSR count). The third-order valence-electron chi connectivity index (χ3n) is 4.65. The number of hydrogen-bond acceptors (Lipinski definition) is 4. The van der Waals surface area contributed by atoms with Gasteiger partial charge in [-0.05, 0) is 24.1 Å². The summed E-state index contributed by atoms with van der Waals surface area (Å²) in [6, 6.07) is 11.9. The third-order valence-corrected chi connectivity index (χ3v) is 4.65. The Morgan fingerprint density at radius 3 is 2.50 bits per heavy atom. The Morgan fingerprint density at radius 1 is 1.08 bits per heavy atom. The van der Waals surface area contributed by atoms with E-state index in [2.05, 4.69) is 36.3 Å². The zero-order chi connectivity index (χ0) is 16.8. The molecule has 2 aromatic rings. The van der Waals surface area contributed by atoms with Crippen LogP contribution in [0.4, 0.5) is 0 Å². The SMILES string of the molecule is COc1ccc2c(c1OC)C(=O)N1N=C(c3ccc(C)cc3)C[C@H]21. The topological polar surface area (TPSA) is 51.1 Å². The molecular formula is C19H18N2O3. The molecule has 0 saturated carbocycles. The van der Waals surface area contributed by atoms with E-state index in [-0.39, 0.29) is 11.9 Å². The van der Waals surface area contributed by atoms with Crippen molar-refractivity contribution in [2.24, 2.45) is 5.10 Å². The fraction of sp³-hybridized carbons (Fsp3) is 0.263. The summed E-state index contributed by atoms with van der Waals surface area (Å²) in [5.41, 5.74) is 4.71. The molecule has 122 valence electrons. The molecule has 0 unspecified atom stereocenters. The zero-order valence-electron chi connectivity index (χ0n) is 13.9. The van der Waals surface area contributed by atoms with Crippen molar-refractivity contribution >= 4 is 11.6 Å². The Kier molecular flexibility index (Phi) is 3.30. The van der Waals surface area contributed by atoms with Crippen LogP contribution < -0.4 is 9.47 Å². The van der Waals surface area contributed by atoms with Crippen molar-refractivity contribution in [3.05, 3.63) is 58.7 Å². The molecule has 0 bridgehead atoms. The summed E-state index contributed by atoms with van der Waals surface area (Å²) in [5, 5.41) is 6.15. The minimum atomic E-state index is -0.132. The molecular weight excluding hydrogens is 304 g/mol. The molecule has 1 atom stereocenters. The van der Waals surface area contributed by atoms with Gasteiger partial charge in [0.1, 0.15) is 0 Å². The molecule has 5 nitrogen and oxygen atoms in total. The number of aryl methyl sites for hydroxylation is 1. The lowest BCUT2D eigenvalue weighted by Crippen LogP contribution is -2.18. The Bertz CT molecular complexity index is 856. The minimum absolute atomic E-state index is 0.0661. The van der Waals surface area contributed by atoms with Crippen LogP contribution in [0.5, 0.6) is 11.5 Å². The Balaban J connectivity index is 1.74. The molecule has 0 aliphatic carbocycles. The summed E-state index contributed by atoms with van der Waals surface area (Å²) in [6.45, 7) is 2.05. The van der Waals surface area contributed by atoms with Gasteiger partial charge in [0.15, 0.2) is 11.5 Å². The van der Waals surface area contributed by atoms with Crippen LogP contribution in [-0.4, -0.2) is 30.8 Å². The number of carbonyl (C=O) groups excluding carboxylic acids is 1. The maximum absolute atomic E-state index is 12.8. The lowest BCUT2D eigenvalue weighted by atomic mass is 9.97. The number of hydrogen-bond donors (Lipinski definition) is 0. The largest absolute Gasteiger partial charge is 0.493 e. The van der Waals surface area contributed by atoms with Gasteiger partial charge in [-0.1, -0.05) is 35.9 Å². The van der Waals surface area contributed by atoms with Crippen molar-refractivity contribution in [2.45, 2.75) is 19.4 Å². The van der Waals surface area contributed by atoms with Gasteiger partial charge in [0, 0.05) is 6.42 Å². The van der Waals surface area contributed by atoms with Crippen LogP contribution in [-0.2, 0) is 0 Å². The van der Waals surface area contributed by atoms with Crippen molar-refractivity contribution in [3.8, 4) is 11.5 Å². The Labute approximate surface area is 140 Å². The van der Waals surface area contributed by atoms with Crippen molar-refractivity contribution in [3.63, 3.8) is 0 Å². The Morgan fingerprint density at radius 2 is 1.83 bits per heavy atom. The molecule has 2 heterocycles. The molecule has 0 N–H and O–H groups in total. The maximum Gasteiger partial charge on any atom is 0.278 e. The monoisotopic (exact) mass is 322 g/mol. The van der Waals surface area contributed by atoms with Crippen LogP contribution >= 0.6 is 0 Å². The number of fused-ring (bicyclic) bond motifs is 3. The summed E-state index contributed by atoms with van der Waals surface area (Å²) >= 11 is 0. The van der Waals surface area contributed by atoms with Gasteiger partial charge in [0.25, 0.3) is 5.91 Å². The van der Waals surface area contributed by atoms with Crippen LogP contribution in [0.2, 0.25) is 0 Å². The number of amides is 1. The molecule has 1 amide bonds. The van der Waals surface area contributed by atoms with Crippen molar-refractivity contribution in [2.75, 3.05) is 14.2 Å². The summed E-state index contributed by atoms with van der Waals surface area (Å²) in [4.78, 5) is 12.8. The summed E-state index contributed by atoms with van der Waals surface area (Å²) in [5.74, 6) is 0.919. The fourth-order valence-corrected chi connectivity index (χ4v) is 3.42. The second kappa shape index (κ2) is 5.37. The standard InChI is InChI=1S/C19H18N2O3/c1-11-4-6-12(7-5-11)14-10-15-13-8-9-16(23-2)18(24-3)17(13)19(22)21(15)20-14/h4-9,15H,10H2,1-3H3/t15-/m1/s1. The van der Waals surface area contributed by atoms with E-state index in [1.54, 1.807) is 19.2 Å². The molecule has 0 saturated heterocycles. The number of rotatable bonds is 3. The number of nitrogens with zero attached hydrogens (tertiary/aromatic N) is 2. The van der Waals surface area contributed by atoms with Gasteiger partial charge in [-0.2, -0.15) is 5.10 Å². The van der Waals surface area contributed by atoms with E-state index in [9.17, 15) is 4.79 Å². The summed E-state index contributed by atoms with van der Waals surface area (Å²) < 4.78 is 10.7. The van der Waals surface area contributed by atoms with E-state index in [4.69, 9.17) is 9.47 Å². The highest BCUT2D eigenvalue weighted by molar-refractivity contribution is 6.09. The van der Waals surface area contributed by atoms with Crippen LogP contribution in [0.1, 0.15) is 39.5 Å². The van der Waals surface area contributed by atoms with E-state index in [0.717, 1.165) is 16.8 Å². The highest BCUT2D eigenvalue weighted by Gasteiger charge is 2.44. The third kappa shape index (κ3) is 2.01. The predicted molar refractivity (Wildman–Crippen MR) is 90.8 cm³/mol. The number of carbonyl (C=O) groups is 1. The maximum atomic E-state index is 12.8. The summed E-state index contributed by atoms with van der Waals surface area (Å²) in [7, 11) is 3.12. The van der Waals surface area contributed by atoms with Crippen molar-refractivity contribution in [1.29, 1.82) is 0 Å². The number of benzene rings is 2. The van der Waals surface area contributed by atoms with Gasteiger partial charge < -0.3 is 9.47 Å². The Hall–Kier alpha value is -2.82. The highest BCUT2D eigenvalue weighted by Crippen LogP contribution is 2.47. The average molecular weight is 322 g/mol. The van der Waals surface area contributed by atoms with Gasteiger partial charge in [0.2, 0.25) is 0 Å². The van der Waals surface area contributed by atoms with E-state index in [0.29, 0.717) is 23.5 Å². The zero-order valence-corrected chi connectivity index (χ0v) is 13.9. The number of hydrazone groups is 1. The average Bonchev–Trinajstić information content (AvgIpc) is 3.14. The predicted octanol–water partition coefficient (Wildman–Crippen LogP) is 3.32. The molecule has 0 radical (unpaired) electrons. The van der Waals surface area contributed by atoms with E-state index in [1.165, 1.54) is 5.56 Å². The molecule has 0 aromatic heterocycles. The smallest absolute Gasteiger partial charge is 0.278 e. The van der Waals surface area contributed by atoms with E-state index in [1.807, 2.05) is 12.1 Å². The molecule has 0 spiro atoms. The first-order valence-corrected chi connectivity index (χ1v) is 7.87. The highest BCUT2D eigenvalue weighted by atomic mass is 16.5. The number of methoxy groups -OCH3 is 2. The molecule has 2 aromatic carbocycles. The molecule has 0 fully saturated rings. The quantitative estimate of drug-likeness (QED) is 0.871. The lowest BCUT2D eigenvalue weighted by molar-refractivity contribution is 0.0753. The summed E-state index contributed by atoms with van der Waals surface area (Å²) in [6.07, 6.45) is 0.706. The first-order valence-electron chi connectivity index (χ1n) is 7.87. The van der Waals surface area contributed by atoms with Gasteiger partial charge in [-0.3, -0.25) is 4.79 Å². The van der Waals surface area contributed by atoms with Crippen LogP contribution in [0.25, 0.3) is 0 Å². The van der Waals surface area contributed by atoms with E-state index < -0.39 is 0 Å². The molecule has 2 aliphatic rings. The van der Waals surface area contributed by atoms with Crippen LogP contribution in [0.15, 0.2) is 41.5 Å². The first-order chi connectivity index (χ1) is 11.6. The van der Waals surface area contributed by atoms with Crippen LogP contribution in [0.3, 0.4) is 0 Å². The first kappa shape index (κ1) is 14.8. The molecule has 5 heteroatoms. The van der Waals surface area contributed by atoms with Gasteiger partial charge in [-0.15, -0.1) is 0 Å². The second-order valence-corrected chi connectivity index (χ2v) is 6.05. The van der Waals surface area contributed by atoms with Gasteiger partial charge >= 0.3 is 0 Å². The van der Waals surface area contributed by atoms with Crippen molar-refractivity contribution in [1.82, 2.24) is 5.01 Å². The van der Waals surface area contributed by atoms with E-state index >= 15 is 0 Å². The van der Waals surface area contributed by atoms with Crippen molar-refractivity contribution < 1.29 is 14.3 Å². The van der Waals surface area contributed by atoms with Gasteiger partial charge in [0.05, 0.1) is 31.5 Å². The van der Waals surface area contributed by atoms with Crippen LogP contribution in [0, 0.1) is 6.92 Å². The second-order valence-electron chi connectivity index (χ2n) is 6.05.